The number of carbonyl (C=O) groups excluding carboxylic acids is 3. The Morgan fingerprint density at radius 1 is 0.519 bits per heavy atom. The van der Waals surface area contributed by atoms with Crippen molar-refractivity contribution in [1.29, 1.82) is 0 Å². The number of carboxylic acid groups (broad SMARTS) is 1. The van der Waals surface area contributed by atoms with E-state index in [9.17, 15) is 50.3 Å². The maximum Gasteiger partial charge on any atom is 0.169 e. The van der Waals surface area contributed by atoms with Gasteiger partial charge in [-0.25, -0.2) is 0 Å². The summed E-state index contributed by atoms with van der Waals surface area (Å²) >= 11 is 5.06. The number of nitrogens with two attached hydrogens (primary N) is 1. The van der Waals surface area contributed by atoms with Gasteiger partial charge < -0.3 is 143 Å². The summed E-state index contributed by atoms with van der Waals surface area (Å²) in [5, 5.41) is 92.6. The van der Waals surface area contributed by atoms with E-state index in [0.29, 0.717) is 166 Å². The van der Waals surface area contributed by atoms with Gasteiger partial charge in [-0.15, -0.1) is 11.3 Å². The predicted octanol–water partition coefficient (Wildman–Crippen LogP) is 7.78. The molecule has 33 heteroatoms. The molecule has 15 aliphatic rings. The van der Waals surface area contributed by atoms with Crippen molar-refractivity contribution in [2.75, 3.05) is 139 Å². The Kier molecular flexibility index (Phi) is 46.3. The second kappa shape index (κ2) is 55.9. The first-order valence-corrected chi connectivity index (χ1v) is 49.8. The molecule has 0 radical (unpaired) electrons. The third kappa shape index (κ3) is 40.7. The number of halogens is 1. The van der Waals surface area contributed by atoms with E-state index in [1.165, 1.54) is 17.7 Å². The van der Waals surface area contributed by atoms with Crippen molar-refractivity contribution in [1.82, 2.24) is 0 Å². The lowest BCUT2D eigenvalue weighted by Gasteiger charge is -2.40. The Morgan fingerprint density at radius 3 is 1.26 bits per heavy atom. The highest BCUT2D eigenvalue weighted by molar-refractivity contribution is 9.10. The SMILES string of the molecule is C1COC2(CCC3(CC2)CO3)O1.CC(C)(C)C#Cc1cc(Br)cs1.O=C([O-])[C@@H](O)c1ccccc1.O=C1CCC(O)(CO[C@H]2CCOC2)CC1.O=C1CCC2(CC1)OCCO2.OC1(CO[C@H]2CCOC2)CCC([NH2+]Cc2ccccc2)CC1.OC1(CO[C@H]2CCOC2)CCC2(CC1)OCCO2.O[C@H]1CCOC1.[NH3+]C1CCC(O)(CO[C@H]2CCOC2)CC1.[O-][OH+][CH-][C@@H](O)c1ccccc1. The Hall–Kier alpha value is -4.87. The molecule has 748 valence electrons. The van der Waals surface area contributed by atoms with Crippen molar-refractivity contribution in [3.8, 4) is 11.8 Å². The van der Waals surface area contributed by atoms with E-state index in [1.54, 1.807) is 53.8 Å². The number of aliphatic carboxylic acids is 1. The monoisotopic (exact) mass is 1950 g/mol. The van der Waals surface area contributed by atoms with Crippen molar-refractivity contribution in [3.63, 3.8) is 0 Å². The second-order valence-electron chi connectivity index (χ2n) is 38.6. The van der Waals surface area contributed by atoms with Gasteiger partial charge in [-0.1, -0.05) is 103 Å². The molecule has 0 unspecified atom stereocenters. The van der Waals surface area contributed by atoms with E-state index in [-0.39, 0.29) is 58.9 Å². The average Bonchev–Trinajstić information content (AvgIpc) is 1.61. The number of carboxylic acids is 1. The number of quaternary nitrogens is 2. The summed E-state index contributed by atoms with van der Waals surface area (Å²) in [6, 6.07) is 30.7. The number of benzene rings is 3. The van der Waals surface area contributed by atoms with E-state index >= 15 is 0 Å². The number of carbonyl (C=O) groups is 3. The van der Waals surface area contributed by atoms with Crippen LogP contribution in [0.5, 0.6) is 0 Å². The lowest BCUT2D eigenvalue weighted by Crippen LogP contribution is -2.89. The number of Topliss-reactive ketones (excluding diaryl/α,β-unsaturated/α-hetero) is 2. The summed E-state index contributed by atoms with van der Waals surface area (Å²) in [7, 11) is 0. The van der Waals surface area contributed by atoms with Gasteiger partial charge in [-0.2, -0.15) is 0 Å². The Labute approximate surface area is 797 Å². The van der Waals surface area contributed by atoms with Crippen LogP contribution in [0.25, 0.3) is 0 Å². The number of ketones is 2. The normalized spacial score (nSPS) is 29.2. The summed E-state index contributed by atoms with van der Waals surface area (Å²) in [5.74, 6) is 4.46. The van der Waals surface area contributed by atoms with Gasteiger partial charge in [0.1, 0.15) is 24.2 Å². The van der Waals surface area contributed by atoms with Crippen LogP contribution in [0.4, 0.5) is 0 Å². The fraction of sp³-hybridized carbons (Fsp3) is 0.720. The van der Waals surface area contributed by atoms with E-state index in [4.69, 9.17) is 86.0 Å². The van der Waals surface area contributed by atoms with Gasteiger partial charge in [0.25, 0.3) is 0 Å². The minimum atomic E-state index is -1.52. The number of hydrogen-bond acceptors (Lipinski definition) is 29. The topological polar surface area (TPSA) is 447 Å². The number of aliphatic hydroxyl groups is 8. The van der Waals surface area contributed by atoms with Crippen molar-refractivity contribution in [3.05, 3.63) is 135 Å². The number of rotatable bonds is 20. The van der Waals surface area contributed by atoms with Gasteiger partial charge in [0.15, 0.2) is 17.4 Å². The molecular weight excluding hydrogens is 1810 g/mol. The quantitative estimate of drug-likeness (QED) is 0.0102. The highest BCUT2D eigenvalue weighted by Crippen LogP contribution is 2.48. The summed E-state index contributed by atoms with van der Waals surface area (Å²) in [6.45, 7) is 22.3. The first-order chi connectivity index (χ1) is 63.9. The van der Waals surface area contributed by atoms with E-state index in [2.05, 4.69) is 94.8 Å². The number of aliphatic hydroxyl groups excluding tert-OH is 3. The van der Waals surface area contributed by atoms with Crippen LogP contribution < -0.4 is 21.4 Å². The van der Waals surface area contributed by atoms with Gasteiger partial charge in [0.05, 0.1) is 187 Å². The van der Waals surface area contributed by atoms with Crippen molar-refractivity contribution >= 4 is 44.8 Å². The predicted molar refractivity (Wildman–Crippen MR) is 491 cm³/mol. The third-order valence-electron chi connectivity index (χ3n) is 26.3. The molecule has 1 aromatic heterocycles. The third-order valence-corrected chi connectivity index (χ3v) is 27.9. The molecule has 4 spiro atoms. The van der Waals surface area contributed by atoms with E-state index in [1.807, 2.05) is 17.5 Å². The minimum absolute atomic E-state index is 0.0937. The zero-order valence-corrected chi connectivity index (χ0v) is 80.8. The van der Waals surface area contributed by atoms with Gasteiger partial charge in [-0.3, -0.25) is 9.59 Å². The molecule has 31 nitrogen and oxygen atoms in total. The number of ether oxygens (including phenoxy) is 16. The van der Waals surface area contributed by atoms with Crippen molar-refractivity contribution in [2.24, 2.45) is 5.41 Å². The summed E-state index contributed by atoms with van der Waals surface area (Å²) < 4.78 is 88.7. The maximum atomic E-state index is 11.0. The van der Waals surface area contributed by atoms with Crippen LogP contribution in [-0.4, -0.2) is 285 Å². The molecule has 15 fully saturated rings. The molecule has 4 aromatic rings. The molecule has 10 heterocycles. The van der Waals surface area contributed by atoms with E-state index < -0.39 is 46.4 Å². The second-order valence-corrected chi connectivity index (χ2v) is 40.4. The molecule has 0 amide bonds. The van der Waals surface area contributed by atoms with Gasteiger partial charge in [-0.05, 0) is 157 Å². The Bertz CT molecular complexity index is 3910. The van der Waals surface area contributed by atoms with E-state index in [0.717, 1.165) is 210 Å². The average molecular weight is 1960 g/mol. The van der Waals surface area contributed by atoms with Gasteiger partial charge in [0.2, 0.25) is 0 Å². The van der Waals surface area contributed by atoms with Crippen LogP contribution in [0, 0.1) is 23.9 Å². The molecular formula is C100H151BrN2O29S. The molecule has 7 atom stereocenters. The molecule has 13 N–H and O–H groups in total. The summed E-state index contributed by atoms with van der Waals surface area (Å²) in [4.78, 5) is 35.7. The van der Waals surface area contributed by atoms with Crippen molar-refractivity contribution < 1.29 is 152 Å². The fourth-order valence-electron chi connectivity index (χ4n) is 17.3. The zero-order valence-electron chi connectivity index (χ0n) is 78.4. The lowest BCUT2D eigenvalue weighted by molar-refractivity contribution is -0.763. The largest absolute Gasteiger partial charge is 0.586 e. The molecule has 6 saturated carbocycles. The molecule has 19 rings (SSSR count). The zero-order chi connectivity index (χ0) is 95.0. The molecule has 9 saturated heterocycles. The first-order valence-electron chi connectivity index (χ1n) is 48.1. The number of thiophene rings is 1. The molecule has 3 aromatic carbocycles. The number of epoxide rings is 1. The van der Waals surface area contributed by atoms with Crippen LogP contribution in [-0.2, 0) is 96.7 Å². The molecule has 9 aliphatic heterocycles. The summed E-state index contributed by atoms with van der Waals surface area (Å²) in [6.07, 6.45) is 22.2. The summed E-state index contributed by atoms with van der Waals surface area (Å²) in [5.41, 5.74) is 4.03. The van der Waals surface area contributed by atoms with Crippen LogP contribution in [0.1, 0.15) is 241 Å². The Balaban J connectivity index is 0.000000155. The maximum absolute atomic E-state index is 11.0. The molecule has 6 aliphatic carbocycles. The number of hydrogen-bond donors (Lipinski definition) is 9. The molecule has 133 heavy (non-hydrogen) atoms. The molecule has 0 bridgehead atoms. The Morgan fingerprint density at radius 2 is 0.895 bits per heavy atom. The van der Waals surface area contributed by atoms with Gasteiger partial charge in [0, 0.05) is 150 Å². The lowest BCUT2D eigenvalue weighted by atomic mass is 9.82. The van der Waals surface area contributed by atoms with Crippen LogP contribution in [0.2, 0.25) is 0 Å². The highest BCUT2D eigenvalue weighted by atomic mass is 79.9. The van der Waals surface area contributed by atoms with Gasteiger partial charge >= 0.3 is 0 Å². The fourth-order valence-corrected chi connectivity index (χ4v) is 18.6. The minimum Gasteiger partial charge on any atom is -0.586 e. The smallest absolute Gasteiger partial charge is 0.169 e. The highest BCUT2D eigenvalue weighted by Gasteiger charge is 2.54. The van der Waals surface area contributed by atoms with Crippen LogP contribution >= 0.6 is 27.3 Å². The first kappa shape index (κ1) is 110. The van der Waals surface area contributed by atoms with Crippen LogP contribution in [0.3, 0.4) is 0 Å². The van der Waals surface area contributed by atoms with Crippen molar-refractivity contribution in [2.45, 2.75) is 314 Å². The standard InChI is InChI=1S/C18H27NO3.C13H22O5.C11H21NO3.C11H18O4.C10H11BrS.C9H14O3.C8H12O3.C8H9O3.C8H8O3.C4H8O2/c20-18(14-22-17-8-11-21-13-17)9-6-16(7-10-18)19-12-15-4-2-1-3-5-15;14-12(10-16-11-1-6-15-9-11)2-4-13(5-3-12)17-7-8-18-13;2*12-9-1-4-11(13,5-2-9)8-15-10-3-6-14-7-10;1-10(2,3)5-4-9-6-8(11)7-12-9;1-3-9(10-5-6-11-9)4-2-8(1)7-12-8;9-7-1-3-8(4-2-7)10-5-6-11-8;9-8(6-11-10)7-4-2-1-3-5-7;9-7(8(10)11)6-4-2-1-3-5-6;5-4-1-2-6-3-4/h1-5,16-17,19-20H,6-14H2;11,14H,1-10H2;9-10,13H,1-8,12H2;10,13H,1-8H2;6-7H,1-3H3;1-7H2;1-6H2;1-6,8-9,11H;1-5,7,9H,(H,10,11);4-5H,1-3H2/q;;;;;;;-1;;/p+1/t16?,17-,18?;11-;9?,10-,11?;10-;;;;8-;7-;4-/m0000...100/s1. The van der Waals surface area contributed by atoms with Crippen LogP contribution in [0.15, 0.2) is 107 Å².